The van der Waals surface area contributed by atoms with Crippen LogP contribution in [-0.4, -0.2) is 45.1 Å². The van der Waals surface area contributed by atoms with Gasteiger partial charge >= 0.3 is 0 Å². The van der Waals surface area contributed by atoms with E-state index in [1.807, 2.05) is 38.4 Å². The van der Waals surface area contributed by atoms with E-state index in [0.717, 1.165) is 18.5 Å². The van der Waals surface area contributed by atoms with Crippen molar-refractivity contribution in [1.29, 1.82) is 0 Å². The Bertz CT molecular complexity index is 378. The molecule has 100 valence electrons. The van der Waals surface area contributed by atoms with Crippen LogP contribution < -0.4 is 5.32 Å². The predicted molar refractivity (Wildman–Crippen MR) is 72.7 cm³/mol. The van der Waals surface area contributed by atoms with E-state index in [9.17, 15) is 4.79 Å². The number of methoxy groups -OCH3 is 1. The van der Waals surface area contributed by atoms with Crippen LogP contribution in [0.4, 0.5) is 0 Å². The van der Waals surface area contributed by atoms with E-state index < -0.39 is 0 Å². The molecule has 0 aliphatic heterocycles. The van der Waals surface area contributed by atoms with Gasteiger partial charge in [-0.2, -0.15) is 0 Å². The molecule has 0 saturated carbocycles. The average molecular weight is 250 g/mol. The molecule has 0 unspecified atom stereocenters. The summed E-state index contributed by atoms with van der Waals surface area (Å²) in [6, 6.07) is 7.51. The van der Waals surface area contributed by atoms with Crippen molar-refractivity contribution in [2.24, 2.45) is 0 Å². The fourth-order valence-electron chi connectivity index (χ4n) is 1.67. The van der Waals surface area contributed by atoms with E-state index in [1.165, 1.54) is 0 Å². The van der Waals surface area contributed by atoms with E-state index in [1.54, 1.807) is 7.11 Å². The van der Waals surface area contributed by atoms with Crippen LogP contribution in [0, 0.1) is 0 Å². The lowest BCUT2D eigenvalue weighted by Gasteiger charge is -2.10. The maximum atomic E-state index is 11.9. The predicted octanol–water partition coefficient (Wildman–Crippen LogP) is 1.51. The van der Waals surface area contributed by atoms with Gasteiger partial charge in [0.1, 0.15) is 0 Å². The second-order valence-electron chi connectivity index (χ2n) is 4.55. The molecule has 0 aliphatic rings. The van der Waals surface area contributed by atoms with Gasteiger partial charge in [-0.15, -0.1) is 0 Å². The number of nitrogens with zero attached hydrogens (tertiary/aromatic N) is 1. The molecule has 1 rings (SSSR count). The van der Waals surface area contributed by atoms with E-state index in [2.05, 4.69) is 10.2 Å². The van der Waals surface area contributed by atoms with Gasteiger partial charge in [-0.25, -0.2) is 0 Å². The summed E-state index contributed by atoms with van der Waals surface area (Å²) in [7, 11) is 5.69. The molecule has 1 amide bonds. The summed E-state index contributed by atoms with van der Waals surface area (Å²) >= 11 is 0. The van der Waals surface area contributed by atoms with Crippen LogP contribution in [0.15, 0.2) is 24.3 Å². The Balaban J connectivity index is 2.43. The minimum atomic E-state index is -0.0216. The maximum absolute atomic E-state index is 11.9. The van der Waals surface area contributed by atoms with Gasteiger partial charge in [0.2, 0.25) is 0 Å². The number of carbonyl (C=O) groups excluding carboxylic acids is 1. The van der Waals surface area contributed by atoms with Crippen LogP contribution in [0.2, 0.25) is 0 Å². The fourth-order valence-corrected chi connectivity index (χ4v) is 1.67. The molecular formula is C14H22N2O2. The summed E-state index contributed by atoms with van der Waals surface area (Å²) < 4.78 is 5.05. The number of hydrogen-bond donors (Lipinski definition) is 1. The van der Waals surface area contributed by atoms with E-state index in [4.69, 9.17) is 4.74 Å². The topological polar surface area (TPSA) is 41.6 Å². The third kappa shape index (κ3) is 5.29. The first kappa shape index (κ1) is 14.7. The molecule has 0 radical (unpaired) electrons. The van der Waals surface area contributed by atoms with E-state index in [-0.39, 0.29) is 5.91 Å². The molecule has 1 aromatic rings. The lowest BCUT2D eigenvalue weighted by molar-refractivity contribution is 0.0952. The van der Waals surface area contributed by atoms with Crippen molar-refractivity contribution < 1.29 is 9.53 Å². The van der Waals surface area contributed by atoms with Gasteiger partial charge in [0.25, 0.3) is 5.91 Å². The second-order valence-corrected chi connectivity index (χ2v) is 4.55. The van der Waals surface area contributed by atoms with Gasteiger partial charge in [-0.3, -0.25) is 4.79 Å². The number of ether oxygens (including phenoxy) is 1. The molecule has 1 aromatic carbocycles. The molecule has 0 bridgehead atoms. The Morgan fingerprint density at radius 2 is 2.17 bits per heavy atom. The Labute approximate surface area is 109 Å². The van der Waals surface area contributed by atoms with Gasteiger partial charge in [-0.1, -0.05) is 12.1 Å². The molecule has 0 atom stereocenters. The summed E-state index contributed by atoms with van der Waals surface area (Å²) in [5, 5.41) is 2.92. The van der Waals surface area contributed by atoms with E-state index in [0.29, 0.717) is 18.7 Å². The molecular weight excluding hydrogens is 228 g/mol. The van der Waals surface area contributed by atoms with Crippen molar-refractivity contribution in [2.45, 2.75) is 13.0 Å². The molecule has 0 fully saturated rings. The van der Waals surface area contributed by atoms with Crippen LogP contribution in [0.5, 0.6) is 0 Å². The molecule has 4 nitrogen and oxygen atoms in total. The standard InChI is InChI=1S/C14H22N2O2/c1-16(2)9-5-8-15-14(17)13-7-4-6-12(10-13)11-18-3/h4,6-7,10H,5,8-9,11H2,1-3H3,(H,15,17). The van der Waals surface area contributed by atoms with E-state index >= 15 is 0 Å². The Morgan fingerprint density at radius 1 is 1.39 bits per heavy atom. The molecule has 0 spiro atoms. The third-order valence-corrected chi connectivity index (χ3v) is 2.57. The number of hydrogen-bond acceptors (Lipinski definition) is 3. The Kier molecular flexibility index (Phi) is 6.39. The highest BCUT2D eigenvalue weighted by atomic mass is 16.5. The zero-order valence-electron chi connectivity index (χ0n) is 11.4. The van der Waals surface area contributed by atoms with Crippen LogP contribution in [-0.2, 0) is 11.3 Å². The maximum Gasteiger partial charge on any atom is 0.251 e. The lowest BCUT2D eigenvalue weighted by Crippen LogP contribution is -2.27. The van der Waals surface area contributed by atoms with Crippen molar-refractivity contribution in [3.8, 4) is 0 Å². The highest BCUT2D eigenvalue weighted by Gasteiger charge is 2.05. The van der Waals surface area contributed by atoms with Crippen molar-refractivity contribution in [2.75, 3.05) is 34.3 Å². The summed E-state index contributed by atoms with van der Waals surface area (Å²) in [6.07, 6.45) is 0.955. The first-order valence-corrected chi connectivity index (χ1v) is 6.14. The van der Waals surface area contributed by atoms with Gasteiger partial charge in [0, 0.05) is 19.2 Å². The summed E-state index contributed by atoms with van der Waals surface area (Å²) in [5.74, 6) is -0.0216. The van der Waals surface area contributed by atoms with Gasteiger partial charge in [0.05, 0.1) is 6.61 Å². The van der Waals surface area contributed by atoms with Gasteiger partial charge in [0.15, 0.2) is 0 Å². The number of rotatable bonds is 7. The molecule has 0 aliphatic carbocycles. The zero-order chi connectivity index (χ0) is 13.4. The number of amides is 1. The number of nitrogens with one attached hydrogen (secondary N) is 1. The van der Waals surface area contributed by atoms with Crippen molar-refractivity contribution in [1.82, 2.24) is 10.2 Å². The molecule has 0 saturated heterocycles. The Hall–Kier alpha value is -1.39. The van der Waals surface area contributed by atoms with Gasteiger partial charge in [-0.05, 0) is 44.8 Å². The average Bonchev–Trinajstić information content (AvgIpc) is 2.35. The SMILES string of the molecule is COCc1cccc(C(=O)NCCCN(C)C)c1. The van der Waals surface area contributed by atoms with Crippen molar-refractivity contribution in [3.63, 3.8) is 0 Å². The van der Waals surface area contributed by atoms with Crippen molar-refractivity contribution >= 4 is 5.91 Å². The van der Waals surface area contributed by atoms with Crippen LogP contribution >= 0.6 is 0 Å². The minimum Gasteiger partial charge on any atom is -0.380 e. The van der Waals surface area contributed by atoms with Crippen LogP contribution in [0.25, 0.3) is 0 Å². The molecule has 0 heterocycles. The Morgan fingerprint density at radius 3 is 2.83 bits per heavy atom. The summed E-state index contributed by atoms with van der Waals surface area (Å²) in [5.41, 5.74) is 1.70. The fraction of sp³-hybridized carbons (Fsp3) is 0.500. The first-order chi connectivity index (χ1) is 8.63. The van der Waals surface area contributed by atoms with Crippen LogP contribution in [0.3, 0.4) is 0 Å². The molecule has 4 heteroatoms. The molecule has 1 N–H and O–H groups in total. The zero-order valence-corrected chi connectivity index (χ0v) is 11.4. The third-order valence-electron chi connectivity index (χ3n) is 2.57. The quantitative estimate of drug-likeness (QED) is 0.746. The summed E-state index contributed by atoms with van der Waals surface area (Å²) in [6.45, 7) is 2.21. The normalized spacial score (nSPS) is 10.7. The second kappa shape index (κ2) is 7.84. The number of benzene rings is 1. The molecule has 18 heavy (non-hydrogen) atoms. The number of carbonyl (C=O) groups is 1. The first-order valence-electron chi connectivity index (χ1n) is 6.14. The monoisotopic (exact) mass is 250 g/mol. The van der Waals surface area contributed by atoms with Crippen LogP contribution in [0.1, 0.15) is 22.3 Å². The highest BCUT2D eigenvalue weighted by molar-refractivity contribution is 5.94. The largest absolute Gasteiger partial charge is 0.380 e. The van der Waals surface area contributed by atoms with Crippen molar-refractivity contribution in [3.05, 3.63) is 35.4 Å². The highest BCUT2D eigenvalue weighted by Crippen LogP contribution is 2.06. The smallest absolute Gasteiger partial charge is 0.251 e. The molecule has 0 aromatic heterocycles. The summed E-state index contributed by atoms with van der Waals surface area (Å²) in [4.78, 5) is 14.0. The minimum absolute atomic E-state index is 0.0216. The van der Waals surface area contributed by atoms with Gasteiger partial charge < -0.3 is 15.0 Å². The lowest BCUT2D eigenvalue weighted by atomic mass is 10.1.